The summed E-state index contributed by atoms with van der Waals surface area (Å²) in [4.78, 5) is 16.5. The molecule has 0 radical (unpaired) electrons. The van der Waals surface area contributed by atoms with Crippen LogP contribution in [-0.2, 0) is 4.79 Å². The molecule has 0 bridgehead atoms. The van der Waals surface area contributed by atoms with Crippen LogP contribution in [-0.4, -0.2) is 61.0 Å². The third kappa shape index (κ3) is 4.28. The maximum absolute atomic E-state index is 12.2. The quantitative estimate of drug-likeness (QED) is 0.793. The molecule has 1 amide bonds. The van der Waals surface area contributed by atoms with Crippen molar-refractivity contribution in [1.29, 1.82) is 0 Å². The topological polar surface area (TPSA) is 35.6 Å². The van der Waals surface area contributed by atoms with Gasteiger partial charge in [-0.25, -0.2) is 0 Å². The van der Waals surface area contributed by atoms with Crippen LogP contribution in [0.15, 0.2) is 0 Å². The van der Waals surface area contributed by atoms with Gasteiger partial charge in [-0.2, -0.15) is 0 Å². The number of carbonyl (C=O) groups excluding carboxylic acids is 1. The molecule has 1 fully saturated rings. The molecule has 1 atom stereocenters. The lowest BCUT2D eigenvalue weighted by Crippen LogP contribution is -2.50. The second-order valence-corrected chi connectivity index (χ2v) is 6.02. The van der Waals surface area contributed by atoms with Crippen molar-refractivity contribution in [3.05, 3.63) is 0 Å². The van der Waals surface area contributed by atoms with Gasteiger partial charge in [0.15, 0.2) is 0 Å². The molecule has 1 N–H and O–H groups in total. The molecular formula is C13H27N3O. The lowest BCUT2D eigenvalue weighted by atomic mass is 10.0. The maximum atomic E-state index is 12.2. The summed E-state index contributed by atoms with van der Waals surface area (Å²) in [7, 11) is 1.90. The largest absolute Gasteiger partial charge is 0.341 e. The first-order valence-electron chi connectivity index (χ1n) is 6.53. The molecule has 0 aliphatic carbocycles. The molecule has 0 spiro atoms. The van der Waals surface area contributed by atoms with Gasteiger partial charge >= 0.3 is 0 Å². The summed E-state index contributed by atoms with van der Waals surface area (Å²) < 4.78 is 0. The molecule has 1 rings (SSSR count). The number of hydrogen-bond donors (Lipinski definition) is 1. The monoisotopic (exact) mass is 241 g/mol. The molecular weight excluding hydrogens is 214 g/mol. The van der Waals surface area contributed by atoms with E-state index in [1.807, 2.05) is 18.9 Å². The summed E-state index contributed by atoms with van der Waals surface area (Å²) in [6.07, 6.45) is 0. The van der Waals surface area contributed by atoms with E-state index in [0.717, 1.165) is 32.7 Å². The van der Waals surface area contributed by atoms with E-state index in [4.69, 9.17) is 0 Å². The number of carbonyl (C=O) groups is 1. The molecule has 1 saturated heterocycles. The van der Waals surface area contributed by atoms with E-state index in [-0.39, 0.29) is 17.4 Å². The highest BCUT2D eigenvalue weighted by atomic mass is 16.2. The van der Waals surface area contributed by atoms with E-state index < -0.39 is 0 Å². The number of hydrogen-bond acceptors (Lipinski definition) is 3. The Kier molecular flexibility index (Phi) is 4.95. The van der Waals surface area contributed by atoms with Gasteiger partial charge in [-0.3, -0.25) is 4.79 Å². The van der Waals surface area contributed by atoms with Crippen molar-refractivity contribution in [2.45, 2.75) is 33.2 Å². The van der Waals surface area contributed by atoms with E-state index in [0.29, 0.717) is 0 Å². The highest BCUT2D eigenvalue weighted by Crippen LogP contribution is 2.15. The van der Waals surface area contributed by atoms with Crippen molar-refractivity contribution >= 4 is 5.91 Å². The number of rotatable bonds is 3. The molecule has 4 nitrogen and oxygen atoms in total. The maximum Gasteiger partial charge on any atom is 0.226 e. The van der Waals surface area contributed by atoms with Crippen molar-refractivity contribution in [3.63, 3.8) is 0 Å². The molecule has 0 aromatic rings. The van der Waals surface area contributed by atoms with Crippen LogP contribution in [0.4, 0.5) is 0 Å². The third-order valence-corrected chi connectivity index (χ3v) is 3.50. The highest BCUT2D eigenvalue weighted by molar-refractivity contribution is 5.79. The lowest BCUT2D eigenvalue weighted by Gasteiger charge is -2.36. The summed E-state index contributed by atoms with van der Waals surface area (Å²) in [5.41, 5.74) is -0.0885. The summed E-state index contributed by atoms with van der Waals surface area (Å²) in [6.45, 7) is 13.3. The molecule has 0 aromatic heterocycles. The van der Waals surface area contributed by atoms with Crippen molar-refractivity contribution < 1.29 is 4.79 Å². The lowest BCUT2D eigenvalue weighted by molar-refractivity contribution is -0.138. The standard InChI is InChI=1S/C13H27N3O/c1-11(10-16-8-6-14-7-9-16)12(17)15(5)13(2,3)4/h11,14H,6-10H2,1-5H3. The molecule has 1 unspecified atom stereocenters. The second kappa shape index (κ2) is 5.83. The van der Waals surface area contributed by atoms with E-state index in [1.165, 1.54) is 0 Å². The third-order valence-electron chi connectivity index (χ3n) is 3.50. The minimum absolute atomic E-state index is 0.0809. The van der Waals surface area contributed by atoms with Gasteiger partial charge in [-0.05, 0) is 20.8 Å². The van der Waals surface area contributed by atoms with Gasteiger partial charge in [0.2, 0.25) is 5.91 Å². The molecule has 4 heteroatoms. The van der Waals surface area contributed by atoms with Crippen LogP contribution >= 0.6 is 0 Å². The summed E-state index contributed by atoms with van der Waals surface area (Å²) in [6, 6.07) is 0. The predicted octanol–water partition coefficient (Wildman–Crippen LogP) is 0.785. The first-order valence-corrected chi connectivity index (χ1v) is 6.53. The zero-order valence-electron chi connectivity index (χ0n) is 11.9. The van der Waals surface area contributed by atoms with E-state index in [1.54, 1.807) is 0 Å². The normalized spacial score (nSPS) is 20.1. The first-order chi connectivity index (χ1) is 7.82. The van der Waals surface area contributed by atoms with Crippen LogP contribution in [0.5, 0.6) is 0 Å². The van der Waals surface area contributed by atoms with Crippen molar-refractivity contribution in [2.24, 2.45) is 5.92 Å². The Morgan fingerprint density at radius 1 is 1.35 bits per heavy atom. The second-order valence-electron chi connectivity index (χ2n) is 6.02. The van der Waals surface area contributed by atoms with Crippen molar-refractivity contribution in [3.8, 4) is 0 Å². The van der Waals surface area contributed by atoms with E-state index in [2.05, 4.69) is 31.0 Å². The van der Waals surface area contributed by atoms with Gasteiger partial charge in [0.05, 0.1) is 0 Å². The average molecular weight is 241 g/mol. The smallest absolute Gasteiger partial charge is 0.226 e. The number of nitrogens with one attached hydrogen (secondary N) is 1. The van der Waals surface area contributed by atoms with Crippen LogP contribution < -0.4 is 5.32 Å². The Balaban J connectivity index is 2.46. The van der Waals surface area contributed by atoms with Crippen LogP contribution in [0, 0.1) is 5.92 Å². The van der Waals surface area contributed by atoms with Crippen LogP contribution in [0.1, 0.15) is 27.7 Å². The van der Waals surface area contributed by atoms with Gasteiger partial charge in [0, 0.05) is 51.2 Å². The van der Waals surface area contributed by atoms with Gasteiger partial charge in [-0.1, -0.05) is 6.92 Å². The number of nitrogens with zero attached hydrogens (tertiary/aromatic N) is 2. The van der Waals surface area contributed by atoms with E-state index >= 15 is 0 Å². The predicted molar refractivity (Wildman–Crippen MR) is 71.0 cm³/mol. The van der Waals surface area contributed by atoms with Crippen molar-refractivity contribution in [2.75, 3.05) is 39.8 Å². The van der Waals surface area contributed by atoms with E-state index in [9.17, 15) is 4.79 Å². The molecule has 100 valence electrons. The minimum Gasteiger partial charge on any atom is -0.341 e. The van der Waals surface area contributed by atoms with Gasteiger partial charge in [0.25, 0.3) is 0 Å². The Morgan fingerprint density at radius 3 is 2.35 bits per heavy atom. The zero-order valence-corrected chi connectivity index (χ0v) is 11.9. The molecule has 1 aliphatic heterocycles. The van der Waals surface area contributed by atoms with Gasteiger partial charge in [-0.15, -0.1) is 0 Å². The van der Waals surface area contributed by atoms with Gasteiger partial charge in [0.1, 0.15) is 0 Å². The Bertz CT molecular complexity index is 254. The Morgan fingerprint density at radius 2 is 1.88 bits per heavy atom. The summed E-state index contributed by atoms with van der Waals surface area (Å²) >= 11 is 0. The van der Waals surface area contributed by atoms with Crippen LogP contribution in [0.3, 0.4) is 0 Å². The van der Waals surface area contributed by atoms with Crippen LogP contribution in [0.25, 0.3) is 0 Å². The number of piperazine rings is 1. The van der Waals surface area contributed by atoms with Crippen LogP contribution in [0.2, 0.25) is 0 Å². The molecule has 1 aliphatic rings. The fourth-order valence-electron chi connectivity index (χ4n) is 2.02. The molecule has 17 heavy (non-hydrogen) atoms. The number of amides is 1. The minimum atomic E-state index is -0.0885. The molecule has 0 aromatic carbocycles. The first kappa shape index (κ1) is 14.5. The fraction of sp³-hybridized carbons (Fsp3) is 0.923. The SMILES string of the molecule is CC(CN1CCNCC1)C(=O)N(C)C(C)(C)C. The highest BCUT2D eigenvalue weighted by Gasteiger charge is 2.27. The Labute approximate surface area is 105 Å². The Hall–Kier alpha value is -0.610. The fourth-order valence-corrected chi connectivity index (χ4v) is 2.02. The van der Waals surface area contributed by atoms with Gasteiger partial charge < -0.3 is 15.1 Å². The molecule has 0 saturated carbocycles. The zero-order chi connectivity index (χ0) is 13.1. The molecule has 1 heterocycles. The van der Waals surface area contributed by atoms with Crippen molar-refractivity contribution in [1.82, 2.24) is 15.1 Å². The summed E-state index contributed by atoms with van der Waals surface area (Å²) in [5.74, 6) is 0.327. The summed E-state index contributed by atoms with van der Waals surface area (Å²) in [5, 5.41) is 3.33. The average Bonchev–Trinajstić information content (AvgIpc) is 2.27.